The zero-order valence-corrected chi connectivity index (χ0v) is 39.4. The fourth-order valence-corrected chi connectivity index (χ4v) is 9.72. The number of nitrogens with zero attached hydrogens (tertiary/aromatic N) is 5. The van der Waals surface area contributed by atoms with E-state index in [2.05, 4.69) is 44.9 Å². The van der Waals surface area contributed by atoms with Gasteiger partial charge in [-0.2, -0.15) is 0 Å². The van der Waals surface area contributed by atoms with Crippen molar-refractivity contribution in [1.82, 2.24) is 30.2 Å². The summed E-state index contributed by atoms with van der Waals surface area (Å²) in [7, 11) is 0. The van der Waals surface area contributed by atoms with E-state index in [-0.39, 0.29) is 71.5 Å². The van der Waals surface area contributed by atoms with E-state index in [0.717, 1.165) is 43.6 Å². The number of imide groups is 1. The number of anilines is 3. The molecule has 2 saturated heterocycles. The number of hydrogen-bond acceptors (Lipinski definition) is 11. The third-order valence-corrected chi connectivity index (χ3v) is 13.5. The lowest BCUT2D eigenvalue weighted by atomic mass is 10.0. The summed E-state index contributed by atoms with van der Waals surface area (Å²) in [6, 6.07) is 16.2. The lowest BCUT2D eigenvalue weighted by Gasteiger charge is -2.44. The van der Waals surface area contributed by atoms with Crippen LogP contribution in [0.3, 0.4) is 0 Å². The number of rotatable bonds is 20. The lowest BCUT2D eigenvalue weighted by molar-refractivity contribution is -0.136. The smallest absolute Gasteiger partial charge is 0.276 e. The van der Waals surface area contributed by atoms with E-state index in [0.29, 0.717) is 53.5 Å². The summed E-state index contributed by atoms with van der Waals surface area (Å²) in [5.74, 6) is -1.96. The molecule has 0 saturated carbocycles. The molecule has 4 aromatic rings. The van der Waals surface area contributed by atoms with Crippen molar-refractivity contribution >= 4 is 69.9 Å². The molecule has 18 heteroatoms. The van der Waals surface area contributed by atoms with Gasteiger partial charge in [-0.15, -0.1) is 10.2 Å². The molecule has 1 aromatic heterocycles. The Morgan fingerprint density at radius 1 is 0.910 bits per heavy atom. The van der Waals surface area contributed by atoms with Gasteiger partial charge in [0.05, 0.1) is 11.6 Å². The van der Waals surface area contributed by atoms with Crippen LogP contribution in [0.25, 0.3) is 0 Å². The van der Waals surface area contributed by atoms with Crippen LogP contribution in [0.5, 0.6) is 5.75 Å². The Kier molecular flexibility index (Phi) is 16.7. The highest BCUT2D eigenvalue weighted by Gasteiger charge is 2.40. The molecule has 4 heterocycles. The molecule has 2 fully saturated rings. The predicted molar refractivity (Wildman–Crippen MR) is 256 cm³/mol. The monoisotopic (exact) mass is 957 g/mol. The van der Waals surface area contributed by atoms with E-state index < -0.39 is 23.7 Å². The first-order valence-electron chi connectivity index (χ1n) is 23.1. The number of ether oxygens (including phenoxy) is 1. The van der Waals surface area contributed by atoms with Crippen molar-refractivity contribution in [2.75, 3.05) is 49.2 Å². The van der Waals surface area contributed by atoms with Crippen LogP contribution in [-0.4, -0.2) is 105 Å². The van der Waals surface area contributed by atoms with Gasteiger partial charge in [0.2, 0.25) is 11.8 Å². The molecule has 5 amide bonds. The van der Waals surface area contributed by atoms with Gasteiger partial charge in [0.25, 0.3) is 17.7 Å². The molecule has 3 aliphatic heterocycles. The van der Waals surface area contributed by atoms with Crippen molar-refractivity contribution in [2.45, 2.75) is 109 Å². The van der Waals surface area contributed by atoms with Crippen LogP contribution in [0.15, 0.2) is 60.7 Å². The highest BCUT2D eigenvalue weighted by Crippen LogP contribution is 2.33. The third-order valence-electron chi connectivity index (χ3n) is 12.8. The van der Waals surface area contributed by atoms with E-state index in [1.807, 2.05) is 23.1 Å². The van der Waals surface area contributed by atoms with Gasteiger partial charge < -0.3 is 30.9 Å². The van der Waals surface area contributed by atoms with Crippen LogP contribution >= 0.6 is 23.2 Å². The summed E-state index contributed by atoms with van der Waals surface area (Å²) in [4.78, 5) is 69.8. The number of carbonyl (C=O) groups is 5. The minimum absolute atomic E-state index is 0.0274. The molecule has 15 nitrogen and oxygen atoms in total. The van der Waals surface area contributed by atoms with Crippen molar-refractivity contribution < 1.29 is 33.1 Å². The van der Waals surface area contributed by atoms with E-state index in [9.17, 15) is 28.4 Å². The summed E-state index contributed by atoms with van der Waals surface area (Å²) >= 11 is 12.2. The number of benzene rings is 3. The van der Waals surface area contributed by atoms with Gasteiger partial charge in [-0.05, 0) is 93.7 Å². The Balaban J connectivity index is 0.759. The number of aromatic nitrogens is 2. The Morgan fingerprint density at radius 3 is 2.33 bits per heavy atom. The fraction of sp³-hybridized carbons (Fsp3) is 0.449. The predicted octanol–water partition coefficient (Wildman–Crippen LogP) is 7.91. The largest absolute Gasteiger partial charge is 0.489 e. The molecule has 0 unspecified atom stereocenters. The maximum absolute atomic E-state index is 13.9. The van der Waals surface area contributed by atoms with E-state index in [1.54, 1.807) is 29.2 Å². The first-order valence-corrected chi connectivity index (χ1v) is 23.9. The number of nitrogens with two attached hydrogens (primary N) is 1. The fourth-order valence-electron chi connectivity index (χ4n) is 9.16. The second-order valence-electron chi connectivity index (χ2n) is 17.6. The first kappa shape index (κ1) is 49.1. The topological polar surface area (TPSA) is 192 Å². The van der Waals surface area contributed by atoms with Crippen molar-refractivity contribution in [3.63, 3.8) is 0 Å². The number of nitrogen functional groups attached to an aromatic ring is 1. The Hall–Kier alpha value is -5.84. The van der Waals surface area contributed by atoms with Crippen molar-refractivity contribution in [2.24, 2.45) is 0 Å². The summed E-state index contributed by atoms with van der Waals surface area (Å²) in [5.41, 5.74) is 9.74. The molecule has 356 valence electrons. The Bertz CT molecular complexity index is 2450. The number of hydrogen-bond donors (Lipinski definition) is 4. The molecular weight excluding hydrogens is 900 g/mol. The van der Waals surface area contributed by atoms with Gasteiger partial charge in [0.1, 0.15) is 11.9 Å². The van der Waals surface area contributed by atoms with Crippen molar-refractivity contribution in [1.29, 1.82) is 0 Å². The number of unbranched alkanes of at least 4 members (excludes halogenated alkanes) is 7. The summed E-state index contributed by atoms with van der Waals surface area (Å²) in [6.07, 6.45) is 9.96. The zero-order valence-electron chi connectivity index (χ0n) is 37.9. The Labute approximate surface area is 400 Å². The van der Waals surface area contributed by atoms with Gasteiger partial charge in [-0.25, -0.2) is 4.39 Å². The zero-order chi connectivity index (χ0) is 47.6. The highest BCUT2D eigenvalue weighted by atomic mass is 35.5. The molecule has 3 aromatic carbocycles. The van der Waals surface area contributed by atoms with E-state index in [4.69, 9.17) is 33.7 Å². The third kappa shape index (κ3) is 12.2. The molecule has 3 aliphatic rings. The molecule has 0 aliphatic carbocycles. The number of amides is 5. The molecule has 0 spiro atoms. The van der Waals surface area contributed by atoms with Crippen LogP contribution < -0.4 is 26.4 Å². The average molecular weight is 959 g/mol. The summed E-state index contributed by atoms with van der Waals surface area (Å²) in [5, 5.41) is 16.6. The summed E-state index contributed by atoms with van der Waals surface area (Å²) < 4.78 is 19.6. The number of fused-ring (bicyclic) bond motifs is 1. The highest BCUT2D eigenvalue weighted by molar-refractivity contribution is 6.36. The lowest BCUT2D eigenvalue weighted by Crippen LogP contribution is -2.58. The van der Waals surface area contributed by atoms with Crippen LogP contribution in [-0.2, 0) is 22.6 Å². The van der Waals surface area contributed by atoms with Gasteiger partial charge in [-0.1, -0.05) is 67.8 Å². The standard InChI is InChI=1S/C49H58Cl2FN9O6/c1-30-27-59(48(65)32-14-16-33(17-15-32)55-46(63)40-26-42(45(53)58-57-40)67-25-22-35-37(50)18-19-38(52)44(35)51)28-31(2)60(30)24-10-8-6-4-3-5-7-9-23-54-39-13-11-12-34-36(39)29-61(49(34)66)41-20-21-43(62)56-47(41)64/h11-19,26,30-31,41,54H,3-10,20-25,27-29H2,1-2H3,(H2,53,58)(H,55,63)(H,56,62,64)/t30-,31+,41-/m1/s1. The molecule has 3 atom stereocenters. The first-order chi connectivity index (χ1) is 32.3. The molecular formula is C49H58Cl2FN9O6. The maximum atomic E-state index is 13.9. The van der Waals surface area contributed by atoms with Crippen LogP contribution in [0, 0.1) is 5.82 Å². The van der Waals surface area contributed by atoms with Crippen molar-refractivity contribution in [3.05, 3.63) is 104 Å². The van der Waals surface area contributed by atoms with Crippen molar-refractivity contribution in [3.8, 4) is 5.75 Å². The number of nitrogens with one attached hydrogen (secondary N) is 3. The second-order valence-corrected chi connectivity index (χ2v) is 18.3. The minimum Gasteiger partial charge on any atom is -0.489 e. The minimum atomic E-state index is -0.619. The number of piperazine rings is 1. The number of piperidine rings is 1. The van der Waals surface area contributed by atoms with Gasteiger partial charge in [0, 0.05) is 90.3 Å². The maximum Gasteiger partial charge on any atom is 0.276 e. The quantitative estimate of drug-likeness (QED) is 0.0383. The van der Waals surface area contributed by atoms with Crippen LogP contribution in [0.1, 0.15) is 120 Å². The van der Waals surface area contributed by atoms with Gasteiger partial charge >= 0.3 is 0 Å². The summed E-state index contributed by atoms with van der Waals surface area (Å²) in [6.45, 7) is 7.82. The van der Waals surface area contributed by atoms with Gasteiger partial charge in [-0.3, -0.25) is 34.2 Å². The SMILES string of the molecule is C[C@@H]1CN(C(=O)c2ccc(NC(=O)c3cc(OCCc4c(Cl)ccc(F)c4Cl)c(N)nn3)cc2)C[C@H](C)N1CCCCCCCCCCNc1cccc2c1CN([C@@H]1CCC(=O)NC1=O)C2=O. The van der Waals surface area contributed by atoms with Gasteiger partial charge in [0.15, 0.2) is 17.3 Å². The average Bonchev–Trinajstić information content (AvgIpc) is 3.65. The number of carbonyl (C=O) groups excluding carboxylic acids is 5. The Morgan fingerprint density at radius 2 is 1.61 bits per heavy atom. The van der Waals surface area contributed by atoms with E-state index in [1.165, 1.54) is 50.3 Å². The normalized spacial score (nSPS) is 18.5. The molecule has 5 N–H and O–H groups in total. The number of halogens is 3. The second kappa shape index (κ2) is 22.8. The van der Waals surface area contributed by atoms with Crippen LogP contribution in [0.4, 0.5) is 21.6 Å². The van der Waals surface area contributed by atoms with E-state index >= 15 is 0 Å². The molecule has 0 radical (unpaired) electrons. The molecule has 0 bridgehead atoms. The van der Waals surface area contributed by atoms with Crippen LogP contribution in [0.2, 0.25) is 10.0 Å². The molecule has 67 heavy (non-hydrogen) atoms. The molecule has 7 rings (SSSR count).